The molecule has 20 heavy (non-hydrogen) atoms. The molecule has 1 aromatic rings. The number of likely N-dealkylation sites (N-methyl/N-ethyl adjacent to an activating group) is 1. The van der Waals surface area contributed by atoms with Gasteiger partial charge in [-0.25, -0.2) is 17.9 Å². The van der Waals surface area contributed by atoms with E-state index < -0.39 is 16.0 Å². The SMILES string of the molecule is COC(=O)c1ccc(N)cc1S(=O)(=O)NCCN(C)C. The normalized spacial score (nSPS) is 11.6. The minimum absolute atomic E-state index is 0.0425. The minimum atomic E-state index is -3.82. The summed E-state index contributed by atoms with van der Waals surface area (Å²) in [5.41, 5.74) is 5.80. The number of methoxy groups -OCH3 is 1. The summed E-state index contributed by atoms with van der Waals surface area (Å²) in [6, 6.07) is 4.02. The van der Waals surface area contributed by atoms with Crippen molar-refractivity contribution in [1.82, 2.24) is 9.62 Å². The number of anilines is 1. The van der Waals surface area contributed by atoms with Gasteiger partial charge in [0, 0.05) is 18.8 Å². The molecule has 0 bridgehead atoms. The number of benzene rings is 1. The molecule has 0 fully saturated rings. The van der Waals surface area contributed by atoms with Crippen LogP contribution in [0.15, 0.2) is 23.1 Å². The molecule has 0 saturated carbocycles. The van der Waals surface area contributed by atoms with Crippen LogP contribution >= 0.6 is 0 Å². The molecule has 8 heteroatoms. The fourth-order valence-electron chi connectivity index (χ4n) is 1.52. The molecule has 3 N–H and O–H groups in total. The van der Waals surface area contributed by atoms with Gasteiger partial charge in [0.05, 0.1) is 17.6 Å². The van der Waals surface area contributed by atoms with Crippen LogP contribution < -0.4 is 10.5 Å². The highest BCUT2D eigenvalue weighted by molar-refractivity contribution is 7.89. The summed E-state index contributed by atoms with van der Waals surface area (Å²) in [6.45, 7) is 0.764. The number of nitrogens with two attached hydrogens (primary N) is 1. The molecule has 0 aliphatic rings. The number of esters is 1. The molecule has 0 aliphatic carbocycles. The number of hydrogen-bond donors (Lipinski definition) is 2. The lowest BCUT2D eigenvalue weighted by atomic mass is 10.2. The first-order valence-electron chi connectivity index (χ1n) is 5.90. The van der Waals surface area contributed by atoms with E-state index in [9.17, 15) is 13.2 Å². The van der Waals surface area contributed by atoms with E-state index >= 15 is 0 Å². The van der Waals surface area contributed by atoms with Gasteiger partial charge in [-0.3, -0.25) is 0 Å². The maximum Gasteiger partial charge on any atom is 0.339 e. The molecule has 0 saturated heterocycles. The summed E-state index contributed by atoms with van der Waals surface area (Å²) in [5.74, 6) is -0.724. The van der Waals surface area contributed by atoms with Crippen LogP contribution in [-0.4, -0.2) is 53.6 Å². The fourth-order valence-corrected chi connectivity index (χ4v) is 2.77. The number of nitrogens with zero attached hydrogens (tertiary/aromatic N) is 1. The molecule has 112 valence electrons. The quantitative estimate of drug-likeness (QED) is 0.562. The van der Waals surface area contributed by atoms with Gasteiger partial charge in [0.1, 0.15) is 0 Å². The molecule has 0 spiro atoms. The zero-order valence-corrected chi connectivity index (χ0v) is 12.5. The van der Waals surface area contributed by atoms with Crippen molar-refractivity contribution in [2.24, 2.45) is 0 Å². The van der Waals surface area contributed by atoms with Crippen LogP contribution in [-0.2, 0) is 14.8 Å². The van der Waals surface area contributed by atoms with E-state index in [1.54, 1.807) is 0 Å². The molecule has 1 aromatic carbocycles. The van der Waals surface area contributed by atoms with Gasteiger partial charge in [-0.2, -0.15) is 0 Å². The second-order valence-electron chi connectivity index (χ2n) is 4.45. The number of rotatable bonds is 6. The Morgan fingerprint density at radius 1 is 1.40 bits per heavy atom. The number of nitrogen functional groups attached to an aromatic ring is 1. The molecule has 0 atom stereocenters. The third-order valence-corrected chi connectivity index (χ3v) is 4.05. The molecule has 0 radical (unpaired) electrons. The maximum atomic E-state index is 12.2. The van der Waals surface area contributed by atoms with Crippen molar-refractivity contribution in [3.63, 3.8) is 0 Å². The Hall–Kier alpha value is -1.64. The molecular weight excluding hydrogens is 282 g/mol. The second kappa shape index (κ2) is 6.69. The summed E-state index contributed by atoms with van der Waals surface area (Å²) in [4.78, 5) is 13.3. The molecular formula is C12H19N3O4S. The number of ether oxygens (including phenoxy) is 1. The highest BCUT2D eigenvalue weighted by atomic mass is 32.2. The molecule has 0 heterocycles. The van der Waals surface area contributed by atoms with E-state index in [1.165, 1.54) is 25.3 Å². The van der Waals surface area contributed by atoms with Crippen LogP contribution in [0.2, 0.25) is 0 Å². The van der Waals surface area contributed by atoms with Gasteiger partial charge in [-0.1, -0.05) is 0 Å². The Bertz CT molecular complexity index is 584. The van der Waals surface area contributed by atoms with Crippen LogP contribution in [0.3, 0.4) is 0 Å². The Balaban J connectivity index is 3.10. The van der Waals surface area contributed by atoms with Gasteiger partial charge in [0.25, 0.3) is 0 Å². The summed E-state index contributed by atoms with van der Waals surface area (Å²) in [6.07, 6.45) is 0. The third kappa shape index (κ3) is 4.19. The van der Waals surface area contributed by atoms with Gasteiger partial charge in [-0.05, 0) is 32.3 Å². The van der Waals surface area contributed by atoms with Crippen molar-refractivity contribution >= 4 is 21.7 Å². The van der Waals surface area contributed by atoms with Crippen LogP contribution in [0.5, 0.6) is 0 Å². The predicted octanol–water partition coefficient (Wildman–Crippen LogP) is -0.105. The van der Waals surface area contributed by atoms with Gasteiger partial charge in [0.15, 0.2) is 0 Å². The molecule has 0 unspecified atom stereocenters. The van der Waals surface area contributed by atoms with E-state index in [-0.39, 0.29) is 22.7 Å². The van der Waals surface area contributed by atoms with Crippen molar-refractivity contribution in [3.05, 3.63) is 23.8 Å². The predicted molar refractivity (Wildman–Crippen MR) is 75.9 cm³/mol. The van der Waals surface area contributed by atoms with Crippen molar-refractivity contribution < 1.29 is 17.9 Å². The number of sulfonamides is 1. The zero-order valence-electron chi connectivity index (χ0n) is 11.7. The highest BCUT2D eigenvalue weighted by Gasteiger charge is 2.23. The van der Waals surface area contributed by atoms with Crippen LogP contribution in [0, 0.1) is 0 Å². The van der Waals surface area contributed by atoms with Crippen molar-refractivity contribution in [2.75, 3.05) is 40.0 Å². The number of carbonyl (C=O) groups excluding carboxylic acids is 1. The molecule has 0 aromatic heterocycles. The van der Waals surface area contributed by atoms with Crippen LogP contribution in [0.1, 0.15) is 10.4 Å². The van der Waals surface area contributed by atoms with Crippen molar-refractivity contribution in [3.8, 4) is 0 Å². The average molecular weight is 301 g/mol. The summed E-state index contributed by atoms with van der Waals surface area (Å²) in [5, 5.41) is 0. The first-order chi connectivity index (χ1) is 9.27. The Morgan fingerprint density at radius 2 is 2.05 bits per heavy atom. The summed E-state index contributed by atoms with van der Waals surface area (Å²) >= 11 is 0. The Morgan fingerprint density at radius 3 is 2.60 bits per heavy atom. The topological polar surface area (TPSA) is 102 Å². The van der Waals surface area contributed by atoms with Gasteiger partial charge in [-0.15, -0.1) is 0 Å². The van der Waals surface area contributed by atoms with Crippen LogP contribution in [0.4, 0.5) is 5.69 Å². The van der Waals surface area contributed by atoms with E-state index in [1.807, 2.05) is 19.0 Å². The van der Waals surface area contributed by atoms with Gasteiger partial charge in [0.2, 0.25) is 10.0 Å². The Kier molecular flexibility index (Phi) is 5.49. The summed E-state index contributed by atoms with van der Waals surface area (Å²) < 4.78 is 31.4. The van der Waals surface area contributed by atoms with Crippen molar-refractivity contribution in [1.29, 1.82) is 0 Å². The highest BCUT2D eigenvalue weighted by Crippen LogP contribution is 2.19. The van der Waals surface area contributed by atoms with Gasteiger partial charge >= 0.3 is 5.97 Å². The second-order valence-corrected chi connectivity index (χ2v) is 6.18. The standard InChI is InChI=1S/C12H19N3O4S/c1-15(2)7-6-14-20(17,18)11-8-9(13)4-5-10(11)12(16)19-3/h4-5,8,14H,6-7,13H2,1-3H3. The summed E-state index contributed by atoms with van der Waals surface area (Å²) in [7, 11) is 1.02. The van der Waals surface area contributed by atoms with E-state index in [4.69, 9.17) is 5.73 Å². The number of hydrogen-bond acceptors (Lipinski definition) is 6. The van der Waals surface area contributed by atoms with E-state index in [0.29, 0.717) is 6.54 Å². The number of nitrogens with one attached hydrogen (secondary N) is 1. The largest absolute Gasteiger partial charge is 0.465 e. The third-order valence-electron chi connectivity index (χ3n) is 2.55. The van der Waals surface area contributed by atoms with E-state index in [2.05, 4.69) is 9.46 Å². The van der Waals surface area contributed by atoms with E-state index in [0.717, 1.165) is 0 Å². The molecule has 1 rings (SSSR count). The number of carbonyl (C=O) groups is 1. The first kappa shape index (κ1) is 16.4. The van der Waals surface area contributed by atoms with Crippen molar-refractivity contribution in [2.45, 2.75) is 4.90 Å². The van der Waals surface area contributed by atoms with Gasteiger partial charge < -0.3 is 15.4 Å². The minimum Gasteiger partial charge on any atom is -0.465 e. The monoisotopic (exact) mass is 301 g/mol. The van der Waals surface area contributed by atoms with Crippen LogP contribution in [0.25, 0.3) is 0 Å². The average Bonchev–Trinajstić information content (AvgIpc) is 2.37. The lowest BCUT2D eigenvalue weighted by molar-refractivity contribution is 0.0596. The molecule has 7 nitrogen and oxygen atoms in total. The molecule has 0 aliphatic heterocycles. The lowest BCUT2D eigenvalue weighted by Gasteiger charge is -2.13. The zero-order chi connectivity index (χ0) is 15.3. The maximum absolute atomic E-state index is 12.2. The lowest BCUT2D eigenvalue weighted by Crippen LogP contribution is -2.32. The smallest absolute Gasteiger partial charge is 0.339 e. The molecule has 0 amide bonds. The first-order valence-corrected chi connectivity index (χ1v) is 7.38. The Labute approximate surface area is 118 Å². The fraction of sp³-hybridized carbons (Fsp3) is 0.417.